The Balaban J connectivity index is 0.000000197. The Morgan fingerprint density at radius 2 is 0.785 bits per heavy atom. The molecule has 5 aliphatic rings. The van der Waals surface area contributed by atoms with Crippen molar-refractivity contribution in [1.29, 1.82) is 0 Å². The lowest BCUT2D eigenvalue weighted by Gasteiger charge is -2.33. The number of amides is 1. The molecule has 5 heterocycles. The third-order valence-corrected chi connectivity index (χ3v) is 16.8. The van der Waals surface area contributed by atoms with Gasteiger partial charge in [0, 0.05) is 49.3 Å². The maximum atomic E-state index is 11.4. The van der Waals surface area contributed by atoms with E-state index in [-0.39, 0.29) is 65.8 Å². The van der Waals surface area contributed by atoms with Crippen molar-refractivity contribution >= 4 is 98.7 Å². The van der Waals surface area contributed by atoms with Gasteiger partial charge in [-0.25, -0.2) is 0 Å². The van der Waals surface area contributed by atoms with Gasteiger partial charge in [-0.05, 0) is 172 Å². The highest BCUT2D eigenvalue weighted by atomic mass is 35.5. The van der Waals surface area contributed by atoms with Crippen molar-refractivity contribution in [3.63, 3.8) is 0 Å². The number of ether oxygens (including phenoxy) is 12. The standard InChI is InChI=1S/C19H27Cl2NO3.C17H23Cl2NO4.C17H25Cl2NO3.C15H21Cl2NO3/c1-18(2,3)23-11-15-12-24-19(25-15,13-22-8-4-5-9-22)16-7-6-14(20)10-17(16)21;1-11(21)20-10-17(14-6-5-12(18)7-15(14)19)23-9-13(24-17)8-22-16(2,3)4;1-16(2,3)21-9-13-10-22-17(23-13,11-20(4)5)14-7-6-12(18)8-15(14)19;1-14(2,3)19-7-11-8-20-15(9-18,21-11)12-5-4-10(16)6-13(12)17/h6-7,10,15H,4-5,8-9,11-13H2,1-3H3;5-7,13H,8-10H2,1-4H3,(H,20,21);6-8,13H,9-11H2,1-5H3;4-6,11H,7-9,18H2,1-3H3. The first-order valence-corrected chi connectivity index (χ1v) is 34.2. The van der Waals surface area contributed by atoms with E-state index < -0.39 is 23.1 Å². The molecule has 8 atom stereocenters. The van der Waals surface area contributed by atoms with Crippen LogP contribution in [0.1, 0.15) is 125 Å². The number of likely N-dealkylation sites (tertiary alicyclic amines) is 1. The Morgan fingerprint density at radius 1 is 0.495 bits per heavy atom. The summed E-state index contributed by atoms with van der Waals surface area (Å²) >= 11 is 49.4. The SMILES string of the molecule is CC(=O)NCC1(c2ccc(Cl)cc2Cl)OCC(COC(C)(C)C)O1.CC(C)(C)OCC1COC(CN)(c2ccc(Cl)cc2Cl)O1.CC(C)(C)OCC1COC(CN2CCCC2)(c2ccc(Cl)cc2Cl)O1.CN(C)CC1(c2ccc(Cl)cc2Cl)OCC(COC(C)(C)C)O1. The molecule has 8 unspecified atom stereocenters. The molecule has 3 N–H and O–H groups in total. The quantitative estimate of drug-likeness (QED) is 0.0907. The van der Waals surface area contributed by atoms with Gasteiger partial charge in [0.05, 0.1) is 122 Å². The molecular formula is C68H96Cl8N4O13. The van der Waals surface area contributed by atoms with Gasteiger partial charge in [-0.15, -0.1) is 0 Å². The van der Waals surface area contributed by atoms with Crippen LogP contribution in [0.4, 0.5) is 0 Å². The zero-order chi connectivity index (χ0) is 69.0. The molecule has 0 saturated carbocycles. The third-order valence-electron chi connectivity index (χ3n) is 14.6. The van der Waals surface area contributed by atoms with E-state index in [2.05, 4.69) is 10.2 Å². The molecule has 0 spiro atoms. The van der Waals surface area contributed by atoms with E-state index in [1.165, 1.54) is 19.8 Å². The van der Waals surface area contributed by atoms with Crippen molar-refractivity contribution in [2.75, 3.05) is 106 Å². The fraction of sp³-hybridized carbons (Fsp3) is 0.632. The summed E-state index contributed by atoms with van der Waals surface area (Å²) in [6.45, 7) is 32.7. The number of halogens is 8. The molecule has 0 radical (unpaired) electrons. The summed E-state index contributed by atoms with van der Waals surface area (Å²) in [4.78, 5) is 15.7. The van der Waals surface area contributed by atoms with Crippen LogP contribution in [-0.4, -0.2) is 169 Å². The molecule has 4 aromatic rings. The minimum atomic E-state index is -1.15. The number of hydrogen-bond acceptors (Lipinski definition) is 16. The summed E-state index contributed by atoms with van der Waals surface area (Å²) in [6, 6.07) is 21.1. The highest BCUT2D eigenvalue weighted by Crippen LogP contribution is 2.44. The second-order valence-corrected chi connectivity index (χ2v) is 31.1. The lowest BCUT2D eigenvalue weighted by molar-refractivity contribution is -0.195. The fourth-order valence-corrected chi connectivity index (χ4v) is 12.6. The molecule has 25 heteroatoms. The number of nitrogens with one attached hydrogen (secondary N) is 1. The Morgan fingerprint density at radius 3 is 1.12 bits per heavy atom. The zero-order valence-corrected chi connectivity index (χ0v) is 62.4. The van der Waals surface area contributed by atoms with Crippen molar-refractivity contribution < 1.29 is 61.6 Å². The van der Waals surface area contributed by atoms with Crippen LogP contribution < -0.4 is 11.1 Å². The predicted octanol–water partition coefficient (Wildman–Crippen LogP) is 15.3. The lowest BCUT2D eigenvalue weighted by atomic mass is 10.0. The average Bonchev–Trinajstić information content (AvgIpc) is 1.72. The highest BCUT2D eigenvalue weighted by Gasteiger charge is 2.49. The molecule has 1 amide bonds. The minimum absolute atomic E-state index is 0.117. The summed E-state index contributed by atoms with van der Waals surface area (Å²) in [5.41, 5.74) is 7.89. The smallest absolute Gasteiger partial charge is 0.217 e. The van der Waals surface area contributed by atoms with Gasteiger partial charge in [-0.3, -0.25) is 9.69 Å². The molecule has 5 aliphatic heterocycles. The van der Waals surface area contributed by atoms with E-state index in [1.54, 1.807) is 54.6 Å². The van der Waals surface area contributed by atoms with Gasteiger partial charge in [-0.1, -0.05) is 117 Å². The van der Waals surface area contributed by atoms with Crippen molar-refractivity contribution in [3.8, 4) is 0 Å². The molecule has 93 heavy (non-hydrogen) atoms. The van der Waals surface area contributed by atoms with Crippen LogP contribution in [0.15, 0.2) is 72.8 Å². The van der Waals surface area contributed by atoms with Crippen molar-refractivity contribution in [3.05, 3.63) is 135 Å². The van der Waals surface area contributed by atoms with Crippen molar-refractivity contribution in [2.45, 2.75) is 173 Å². The first kappa shape index (κ1) is 80.0. The average molecular weight is 1460 g/mol. The van der Waals surface area contributed by atoms with Gasteiger partial charge in [0.15, 0.2) is 0 Å². The summed E-state index contributed by atoms with van der Waals surface area (Å²) in [6.07, 6.45) is 1.72. The second-order valence-electron chi connectivity index (χ2n) is 27.7. The van der Waals surface area contributed by atoms with Crippen LogP contribution in [0.2, 0.25) is 40.2 Å². The highest BCUT2D eigenvalue weighted by molar-refractivity contribution is 6.36. The van der Waals surface area contributed by atoms with Crippen LogP contribution in [0, 0.1) is 0 Å². The summed E-state index contributed by atoms with van der Waals surface area (Å²) in [5.74, 6) is -4.14. The Labute approximate surface area is 591 Å². The largest absolute Gasteiger partial charge is 0.373 e. The van der Waals surface area contributed by atoms with E-state index in [0.29, 0.717) is 117 Å². The van der Waals surface area contributed by atoms with Crippen LogP contribution in [0.5, 0.6) is 0 Å². The lowest BCUT2D eigenvalue weighted by Crippen LogP contribution is -2.42. The Kier molecular flexibility index (Phi) is 29.6. The summed E-state index contributed by atoms with van der Waals surface area (Å²) < 4.78 is 72.0. The van der Waals surface area contributed by atoms with Gasteiger partial charge in [-0.2, -0.15) is 0 Å². The monoisotopic (exact) mass is 1460 g/mol. The van der Waals surface area contributed by atoms with E-state index >= 15 is 0 Å². The van der Waals surface area contributed by atoms with Gasteiger partial charge in [0.1, 0.15) is 24.4 Å². The number of nitrogens with zero attached hydrogens (tertiary/aromatic N) is 2. The molecule has 9 rings (SSSR count). The number of benzene rings is 4. The van der Waals surface area contributed by atoms with Crippen LogP contribution in [0.25, 0.3) is 0 Å². The van der Waals surface area contributed by atoms with E-state index in [1.807, 2.05) is 120 Å². The van der Waals surface area contributed by atoms with Crippen molar-refractivity contribution in [1.82, 2.24) is 15.1 Å². The molecule has 5 fully saturated rings. The number of nitrogens with two attached hydrogens (primary N) is 1. The molecule has 4 aromatic carbocycles. The number of carbonyl (C=O) groups is 1. The third kappa shape index (κ3) is 24.7. The Hall–Kier alpha value is -1.93. The van der Waals surface area contributed by atoms with Gasteiger partial charge >= 0.3 is 0 Å². The maximum Gasteiger partial charge on any atom is 0.217 e. The predicted molar refractivity (Wildman–Crippen MR) is 371 cm³/mol. The zero-order valence-electron chi connectivity index (χ0n) is 56.4. The molecular weight excluding hydrogens is 1360 g/mol. The first-order valence-electron chi connectivity index (χ1n) is 31.2. The molecule has 17 nitrogen and oxygen atoms in total. The molecule has 5 saturated heterocycles. The van der Waals surface area contributed by atoms with E-state index in [0.717, 1.165) is 24.2 Å². The van der Waals surface area contributed by atoms with Crippen LogP contribution >= 0.6 is 92.8 Å². The molecule has 522 valence electrons. The topological polar surface area (TPSA) is 172 Å². The van der Waals surface area contributed by atoms with Gasteiger partial charge < -0.3 is 72.8 Å². The molecule has 0 bridgehead atoms. The van der Waals surface area contributed by atoms with Crippen LogP contribution in [-0.2, 0) is 84.8 Å². The number of hydrogen-bond donors (Lipinski definition) is 2. The van der Waals surface area contributed by atoms with E-state index in [4.69, 9.17) is 155 Å². The second kappa shape index (κ2) is 34.4. The first-order chi connectivity index (χ1) is 43.3. The van der Waals surface area contributed by atoms with E-state index in [9.17, 15) is 4.79 Å². The fourth-order valence-electron chi connectivity index (χ4n) is 10.4. The number of carbonyl (C=O) groups excluding carboxylic acids is 1. The van der Waals surface area contributed by atoms with Gasteiger partial charge in [0.2, 0.25) is 29.1 Å². The summed E-state index contributed by atoms with van der Waals surface area (Å²) in [5, 5.41) is 7.02. The van der Waals surface area contributed by atoms with Gasteiger partial charge in [0.25, 0.3) is 0 Å². The molecule has 0 aromatic heterocycles. The normalized spacial score (nSPS) is 25.9. The van der Waals surface area contributed by atoms with Crippen molar-refractivity contribution in [2.24, 2.45) is 5.73 Å². The molecule has 0 aliphatic carbocycles. The number of likely N-dealkylation sites (N-methyl/N-ethyl adjacent to an activating group) is 1. The number of rotatable bonds is 19. The van der Waals surface area contributed by atoms with Crippen LogP contribution in [0.3, 0.4) is 0 Å². The minimum Gasteiger partial charge on any atom is -0.373 e. The Bertz CT molecular complexity index is 3050. The summed E-state index contributed by atoms with van der Waals surface area (Å²) in [7, 11) is 3.94. The maximum absolute atomic E-state index is 11.4.